The molecule has 0 fully saturated rings. The SMILES string of the molecule is Clc1ccc2[se]ncc2c1.O=[N+]([O-])c1ccc2[se]ncc2c1. The van der Waals surface area contributed by atoms with Crippen molar-refractivity contribution < 1.29 is 4.92 Å². The van der Waals surface area contributed by atoms with Crippen LogP contribution in [0, 0.1) is 10.1 Å². The zero-order valence-corrected chi connectivity index (χ0v) is 15.2. The summed E-state index contributed by atoms with van der Waals surface area (Å²) in [6.07, 6.45) is 3.59. The summed E-state index contributed by atoms with van der Waals surface area (Å²) >= 11 is 6.20. The number of hydrogen-bond donors (Lipinski definition) is 0. The molecule has 0 saturated carbocycles. The summed E-state index contributed by atoms with van der Waals surface area (Å²) in [5.74, 6) is 0. The van der Waals surface area contributed by atoms with Crippen LogP contribution in [0.3, 0.4) is 0 Å². The van der Waals surface area contributed by atoms with Gasteiger partial charge in [-0.2, -0.15) is 0 Å². The van der Waals surface area contributed by atoms with Gasteiger partial charge in [-0.3, -0.25) is 0 Å². The van der Waals surface area contributed by atoms with Crippen LogP contribution >= 0.6 is 11.6 Å². The monoisotopic (exact) mass is 445 g/mol. The van der Waals surface area contributed by atoms with E-state index in [1.807, 2.05) is 24.4 Å². The Hall–Kier alpha value is -1.49. The Labute approximate surface area is 142 Å². The zero-order chi connectivity index (χ0) is 15.5. The number of nitro benzene ring substituents is 1. The summed E-state index contributed by atoms with van der Waals surface area (Å²) in [5, 5.41) is 13.2. The third kappa shape index (κ3) is 3.46. The Morgan fingerprint density at radius 2 is 1.55 bits per heavy atom. The average molecular weight is 444 g/mol. The van der Waals surface area contributed by atoms with Crippen LogP contribution in [0.15, 0.2) is 48.8 Å². The van der Waals surface area contributed by atoms with Gasteiger partial charge in [-0.15, -0.1) is 0 Å². The first-order chi connectivity index (χ1) is 10.6. The van der Waals surface area contributed by atoms with Crippen LogP contribution < -0.4 is 0 Å². The molecule has 110 valence electrons. The maximum atomic E-state index is 10.4. The van der Waals surface area contributed by atoms with E-state index >= 15 is 0 Å². The number of benzene rings is 2. The van der Waals surface area contributed by atoms with Crippen molar-refractivity contribution in [2.75, 3.05) is 0 Å². The van der Waals surface area contributed by atoms with E-state index in [9.17, 15) is 10.1 Å². The maximum absolute atomic E-state index is 10.4. The molecule has 4 aromatic rings. The number of non-ortho nitro benzene ring substituents is 1. The normalized spacial score (nSPS) is 10.4. The predicted molar refractivity (Wildman–Crippen MR) is 89.0 cm³/mol. The van der Waals surface area contributed by atoms with Crippen LogP contribution in [0.25, 0.3) is 19.3 Å². The van der Waals surface area contributed by atoms with Gasteiger partial charge in [-0.25, -0.2) is 0 Å². The average Bonchev–Trinajstić information content (AvgIpc) is 3.14. The fourth-order valence-electron chi connectivity index (χ4n) is 1.82. The molecular formula is C14H8ClN3O2Se2. The van der Waals surface area contributed by atoms with E-state index in [0.29, 0.717) is 14.7 Å². The van der Waals surface area contributed by atoms with Gasteiger partial charge >= 0.3 is 143 Å². The van der Waals surface area contributed by atoms with Gasteiger partial charge in [0, 0.05) is 0 Å². The van der Waals surface area contributed by atoms with Gasteiger partial charge in [0.15, 0.2) is 0 Å². The second-order valence-electron chi connectivity index (χ2n) is 4.31. The predicted octanol–water partition coefficient (Wildman–Crippen LogP) is 3.15. The molecule has 0 saturated heterocycles. The molecule has 4 rings (SSSR count). The van der Waals surface area contributed by atoms with Crippen molar-refractivity contribution in [2.24, 2.45) is 0 Å². The first-order valence-corrected chi connectivity index (χ1v) is 9.74. The summed E-state index contributed by atoms with van der Waals surface area (Å²) in [4.78, 5) is 9.98. The van der Waals surface area contributed by atoms with Gasteiger partial charge in [0.05, 0.1) is 0 Å². The van der Waals surface area contributed by atoms with Crippen molar-refractivity contribution in [3.8, 4) is 0 Å². The number of fused-ring (bicyclic) bond motifs is 2. The first-order valence-electron chi connectivity index (χ1n) is 6.12. The van der Waals surface area contributed by atoms with Gasteiger partial charge in [0.2, 0.25) is 0 Å². The van der Waals surface area contributed by atoms with Crippen molar-refractivity contribution >= 4 is 66.0 Å². The van der Waals surface area contributed by atoms with E-state index in [1.54, 1.807) is 18.3 Å². The molecule has 5 nitrogen and oxygen atoms in total. The number of halogens is 1. The molecule has 0 spiro atoms. The van der Waals surface area contributed by atoms with Crippen LogP contribution in [0.1, 0.15) is 0 Å². The van der Waals surface area contributed by atoms with Crippen LogP contribution in [-0.2, 0) is 0 Å². The Kier molecular flexibility index (Phi) is 4.71. The summed E-state index contributed by atoms with van der Waals surface area (Å²) in [5.41, 5.74) is 0.137. The summed E-state index contributed by atoms with van der Waals surface area (Å²) < 4.78 is 10.7. The standard InChI is InChI=1S/C7H4ClNSe.C7H4N2O2Se/c8-6-1-2-7-5(3-6)4-9-10-7;10-9(11)6-1-2-7-5(3-6)4-8-12-7/h1-4H;1-4H. The zero-order valence-electron chi connectivity index (χ0n) is 11.0. The van der Waals surface area contributed by atoms with E-state index in [0.717, 1.165) is 14.7 Å². The van der Waals surface area contributed by atoms with Gasteiger partial charge in [0.25, 0.3) is 0 Å². The number of rotatable bonds is 1. The molecular weight excluding hydrogens is 436 g/mol. The van der Waals surface area contributed by atoms with E-state index in [2.05, 4.69) is 7.96 Å². The molecule has 0 N–H and O–H groups in total. The van der Waals surface area contributed by atoms with Crippen LogP contribution in [-0.4, -0.2) is 42.3 Å². The van der Waals surface area contributed by atoms with Crippen LogP contribution in [0.2, 0.25) is 5.02 Å². The number of nitrogens with zero attached hydrogens (tertiary/aromatic N) is 3. The van der Waals surface area contributed by atoms with E-state index < -0.39 is 0 Å². The van der Waals surface area contributed by atoms with E-state index in [1.165, 1.54) is 15.7 Å². The minimum atomic E-state index is -0.389. The van der Waals surface area contributed by atoms with Gasteiger partial charge in [-0.1, -0.05) is 0 Å². The second kappa shape index (κ2) is 6.73. The minimum absolute atomic E-state index is 0.129. The van der Waals surface area contributed by atoms with Crippen molar-refractivity contribution in [3.63, 3.8) is 0 Å². The topological polar surface area (TPSA) is 68.9 Å². The van der Waals surface area contributed by atoms with Crippen molar-refractivity contribution in [1.82, 2.24) is 7.96 Å². The summed E-state index contributed by atoms with van der Waals surface area (Å²) in [6.45, 7) is 0. The van der Waals surface area contributed by atoms with Crippen molar-refractivity contribution in [2.45, 2.75) is 0 Å². The Morgan fingerprint density at radius 3 is 2.18 bits per heavy atom. The Bertz CT molecular complexity index is 951. The molecule has 8 heteroatoms. The molecule has 22 heavy (non-hydrogen) atoms. The number of aromatic nitrogens is 2. The molecule has 0 unspecified atom stereocenters. The molecule has 0 aliphatic rings. The molecule has 0 aliphatic heterocycles. The third-order valence-electron chi connectivity index (χ3n) is 2.86. The third-order valence-corrected chi connectivity index (χ3v) is 6.37. The van der Waals surface area contributed by atoms with Crippen LogP contribution in [0.5, 0.6) is 0 Å². The van der Waals surface area contributed by atoms with Crippen LogP contribution in [0.4, 0.5) is 5.69 Å². The van der Waals surface area contributed by atoms with Gasteiger partial charge in [-0.05, 0) is 0 Å². The Balaban J connectivity index is 0.000000133. The second-order valence-corrected chi connectivity index (χ2v) is 8.25. The number of hydrogen-bond acceptors (Lipinski definition) is 4. The molecule has 2 aromatic heterocycles. The molecule has 0 bridgehead atoms. The van der Waals surface area contributed by atoms with E-state index in [4.69, 9.17) is 11.6 Å². The van der Waals surface area contributed by atoms with Crippen molar-refractivity contribution in [1.29, 1.82) is 0 Å². The number of nitro groups is 1. The molecule has 0 atom stereocenters. The molecule has 0 radical (unpaired) electrons. The van der Waals surface area contributed by atoms with Gasteiger partial charge < -0.3 is 0 Å². The van der Waals surface area contributed by atoms with Gasteiger partial charge in [0.1, 0.15) is 0 Å². The fraction of sp³-hybridized carbons (Fsp3) is 0. The molecule has 2 aromatic carbocycles. The molecule has 0 aliphatic carbocycles. The summed E-state index contributed by atoms with van der Waals surface area (Å²) in [6, 6.07) is 10.8. The Morgan fingerprint density at radius 1 is 0.955 bits per heavy atom. The quantitative estimate of drug-likeness (QED) is 0.257. The summed E-state index contributed by atoms with van der Waals surface area (Å²) in [7, 11) is 0. The fourth-order valence-corrected chi connectivity index (χ4v) is 4.62. The molecule has 0 amide bonds. The first kappa shape index (κ1) is 15.4. The van der Waals surface area contributed by atoms with Crippen molar-refractivity contribution in [3.05, 3.63) is 63.9 Å². The van der Waals surface area contributed by atoms with E-state index in [-0.39, 0.29) is 25.3 Å². The molecule has 2 heterocycles.